The molecule has 162 valence electrons. The Morgan fingerprint density at radius 2 is 1.84 bits per heavy atom. The first-order chi connectivity index (χ1) is 15.0. The van der Waals surface area contributed by atoms with Crippen LogP contribution in [-0.4, -0.2) is 47.8 Å². The third-order valence-electron chi connectivity index (χ3n) is 5.46. The first-order valence-electron chi connectivity index (χ1n) is 10.2. The molecule has 2 aromatic carbocycles. The summed E-state index contributed by atoms with van der Waals surface area (Å²) in [6, 6.07) is 17.9. The van der Waals surface area contributed by atoms with Gasteiger partial charge in [0.1, 0.15) is 6.61 Å². The van der Waals surface area contributed by atoms with Crippen molar-refractivity contribution in [2.75, 3.05) is 13.6 Å². The average Bonchev–Trinajstić information content (AvgIpc) is 3.41. The number of rotatable bonds is 7. The normalized spacial score (nSPS) is 24.4. The molecule has 0 aliphatic carbocycles. The number of hydrogen-bond donors (Lipinski definition) is 1. The molecule has 0 saturated carbocycles. The molecule has 1 N–H and O–H groups in total. The predicted molar refractivity (Wildman–Crippen MR) is 116 cm³/mol. The molecule has 3 unspecified atom stereocenters. The van der Waals surface area contributed by atoms with Gasteiger partial charge in [-0.15, -0.1) is 0 Å². The van der Waals surface area contributed by atoms with Gasteiger partial charge in [-0.05, 0) is 36.7 Å². The van der Waals surface area contributed by atoms with Gasteiger partial charge >= 0.3 is 5.97 Å². The number of thioether (sulfide) groups is 1. The Hall–Kier alpha value is -2.68. The lowest BCUT2D eigenvalue weighted by Gasteiger charge is -2.32. The molecule has 8 heteroatoms. The number of likely N-dealkylation sites (N-methyl/N-ethyl adjacent to an activating group) is 1. The highest BCUT2D eigenvalue weighted by Crippen LogP contribution is 2.47. The zero-order chi connectivity index (χ0) is 21.8. The van der Waals surface area contributed by atoms with Crippen LogP contribution in [0.25, 0.3) is 0 Å². The monoisotopic (exact) mass is 440 g/mol. The van der Waals surface area contributed by atoms with Gasteiger partial charge in [-0.1, -0.05) is 60.7 Å². The van der Waals surface area contributed by atoms with Crippen molar-refractivity contribution >= 4 is 28.9 Å². The Morgan fingerprint density at radius 1 is 1.16 bits per heavy atom. The van der Waals surface area contributed by atoms with E-state index in [9.17, 15) is 14.4 Å². The largest absolute Gasteiger partial charge is 0.459 e. The van der Waals surface area contributed by atoms with Crippen LogP contribution in [-0.2, 0) is 30.6 Å². The standard InChI is InChI=1S/C23H24N2O5S/c1-25-21(27)23(31-22(25)28,17-11-6-3-7-12-17)30-19(18-13-8-14-24-18)20(26)29-15-16-9-4-2-5-10-16/h2-7,9-12,18-19,24H,8,13-15H2,1H3. The predicted octanol–water partition coefficient (Wildman–Crippen LogP) is 3.05. The summed E-state index contributed by atoms with van der Waals surface area (Å²) >= 11 is 0.781. The van der Waals surface area contributed by atoms with Crippen molar-refractivity contribution in [1.82, 2.24) is 10.2 Å². The minimum absolute atomic E-state index is 0.102. The Kier molecular flexibility index (Phi) is 6.41. The summed E-state index contributed by atoms with van der Waals surface area (Å²) in [4.78, 5) is 38.1. The third-order valence-corrected chi connectivity index (χ3v) is 6.70. The summed E-state index contributed by atoms with van der Waals surface area (Å²) in [5.41, 5.74) is 1.37. The highest BCUT2D eigenvalue weighted by atomic mass is 32.2. The number of carbonyl (C=O) groups excluding carboxylic acids is 3. The van der Waals surface area contributed by atoms with Crippen LogP contribution in [0.4, 0.5) is 4.79 Å². The molecule has 0 radical (unpaired) electrons. The summed E-state index contributed by atoms with van der Waals surface area (Å²) in [5, 5.41) is 2.84. The lowest BCUT2D eigenvalue weighted by atomic mass is 10.1. The molecule has 3 atom stereocenters. The second-order valence-corrected chi connectivity index (χ2v) is 8.68. The SMILES string of the molecule is CN1C(=O)SC(OC(C(=O)OCc2ccccc2)C2CCCN2)(c2ccccc2)C1=O. The van der Waals surface area contributed by atoms with Gasteiger partial charge in [-0.3, -0.25) is 14.5 Å². The highest BCUT2D eigenvalue weighted by molar-refractivity contribution is 8.15. The van der Waals surface area contributed by atoms with Gasteiger partial charge in [0.25, 0.3) is 11.1 Å². The molecule has 2 aliphatic heterocycles. The maximum atomic E-state index is 13.2. The molecule has 2 aliphatic rings. The van der Waals surface area contributed by atoms with Crippen molar-refractivity contribution < 1.29 is 23.9 Å². The van der Waals surface area contributed by atoms with Crippen LogP contribution in [0.5, 0.6) is 0 Å². The van der Waals surface area contributed by atoms with Gasteiger partial charge in [0.15, 0.2) is 6.10 Å². The molecule has 31 heavy (non-hydrogen) atoms. The smallest absolute Gasteiger partial charge is 0.337 e. The number of hydrogen-bond acceptors (Lipinski definition) is 7. The number of carbonyl (C=O) groups is 3. The molecule has 2 heterocycles. The van der Waals surface area contributed by atoms with Crippen LogP contribution in [0.2, 0.25) is 0 Å². The summed E-state index contributed by atoms with van der Waals surface area (Å²) in [6.45, 7) is 0.846. The maximum Gasteiger partial charge on any atom is 0.337 e. The van der Waals surface area contributed by atoms with Crippen molar-refractivity contribution in [3.63, 3.8) is 0 Å². The Labute approximate surface area is 185 Å². The van der Waals surface area contributed by atoms with E-state index in [1.165, 1.54) is 7.05 Å². The van der Waals surface area contributed by atoms with Crippen molar-refractivity contribution in [3.05, 3.63) is 71.8 Å². The number of nitrogens with zero attached hydrogens (tertiary/aromatic N) is 1. The van der Waals surface area contributed by atoms with Crippen LogP contribution >= 0.6 is 11.8 Å². The Morgan fingerprint density at radius 3 is 2.42 bits per heavy atom. The van der Waals surface area contributed by atoms with Gasteiger partial charge in [0.05, 0.1) is 0 Å². The van der Waals surface area contributed by atoms with E-state index in [0.717, 1.165) is 35.2 Å². The lowest BCUT2D eigenvalue weighted by molar-refractivity contribution is -0.172. The maximum absolute atomic E-state index is 13.2. The first-order valence-corrected chi connectivity index (χ1v) is 11.0. The quantitative estimate of drug-likeness (QED) is 0.663. The number of nitrogens with one attached hydrogen (secondary N) is 1. The minimum atomic E-state index is -1.63. The van der Waals surface area contributed by atoms with E-state index >= 15 is 0 Å². The fraction of sp³-hybridized carbons (Fsp3) is 0.348. The summed E-state index contributed by atoms with van der Waals surface area (Å²) in [6.07, 6.45) is 0.551. The van der Waals surface area contributed by atoms with Gasteiger partial charge in [0.2, 0.25) is 4.93 Å². The van der Waals surface area contributed by atoms with E-state index in [0.29, 0.717) is 12.0 Å². The molecule has 0 spiro atoms. The Balaban J connectivity index is 1.63. The molecular weight excluding hydrogens is 416 g/mol. The van der Waals surface area contributed by atoms with Crippen molar-refractivity contribution in [2.24, 2.45) is 0 Å². The molecule has 2 amide bonds. The lowest BCUT2D eigenvalue weighted by Crippen LogP contribution is -2.50. The first kappa shape index (κ1) is 21.5. The molecule has 7 nitrogen and oxygen atoms in total. The van der Waals surface area contributed by atoms with Gasteiger partial charge in [-0.25, -0.2) is 4.79 Å². The van der Waals surface area contributed by atoms with E-state index < -0.39 is 28.2 Å². The van der Waals surface area contributed by atoms with Gasteiger partial charge in [0, 0.05) is 18.7 Å². The zero-order valence-electron chi connectivity index (χ0n) is 17.2. The molecule has 0 aromatic heterocycles. The number of ether oxygens (including phenoxy) is 2. The minimum Gasteiger partial charge on any atom is -0.459 e. The van der Waals surface area contributed by atoms with E-state index in [1.807, 2.05) is 36.4 Å². The molecular formula is C23H24N2O5S. The average molecular weight is 441 g/mol. The van der Waals surface area contributed by atoms with Gasteiger partial charge < -0.3 is 14.8 Å². The van der Waals surface area contributed by atoms with Crippen molar-refractivity contribution in [2.45, 2.75) is 36.5 Å². The second kappa shape index (κ2) is 9.21. The highest BCUT2D eigenvalue weighted by Gasteiger charge is 2.57. The van der Waals surface area contributed by atoms with Crippen LogP contribution < -0.4 is 5.32 Å². The van der Waals surface area contributed by atoms with Crippen LogP contribution in [0.1, 0.15) is 24.0 Å². The van der Waals surface area contributed by atoms with E-state index in [2.05, 4.69) is 5.32 Å². The number of benzene rings is 2. The summed E-state index contributed by atoms with van der Waals surface area (Å²) in [5.74, 6) is -1.07. The number of amides is 2. The molecule has 2 aromatic rings. The fourth-order valence-corrected chi connectivity index (χ4v) is 4.87. The summed E-state index contributed by atoms with van der Waals surface area (Å²) < 4.78 is 11.8. The molecule has 2 fully saturated rings. The van der Waals surface area contributed by atoms with E-state index in [4.69, 9.17) is 9.47 Å². The molecule has 4 rings (SSSR count). The number of imide groups is 1. The van der Waals surface area contributed by atoms with Crippen molar-refractivity contribution in [1.29, 1.82) is 0 Å². The van der Waals surface area contributed by atoms with Crippen molar-refractivity contribution in [3.8, 4) is 0 Å². The van der Waals surface area contributed by atoms with Gasteiger partial charge in [-0.2, -0.15) is 0 Å². The Bertz CT molecular complexity index is 949. The second-order valence-electron chi connectivity index (χ2n) is 7.55. The third kappa shape index (κ3) is 4.37. The fourth-order valence-electron chi connectivity index (χ4n) is 3.78. The van der Waals surface area contributed by atoms with E-state index in [1.54, 1.807) is 24.3 Å². The van der Waals surface area contributed by atoms with Crippen LogP contribution in [0, 0.1) is 0 Å². The number of esters is 1. The molecule has 2 saturated heterocycles. The topological polar surface area (TPSA) is 84.9 Å². The summed E-state index contributed by atoms with van der Waals surface area (Å²) in [7, 11) is 1.42. The molecule has 0 bridgehead atoms. The van der Waals surface area contributed by atoms with E-state index in [-0.39, 0.29) is 12.6 Å². The van der Waals surface area contributed by atoms with Crippen LogP contribution in [0.3, 0.4) is 0 Å². The van der Waals surface area contributed by atoms with Crippen LogP contribution in [0.15, 0.2) is 60.7 Å². The zero-order valence-corrected chi connectivity index (χ0v) is 18.0.